The van der Waals surface area contributed by atoms with Gasteiger partial charge in [0.05, 0.1) is 0 Å². The molecule has 0 aromatic heterocycles. The Balaban J connectivity index is 0.000000676. The van der Waals surface area contributed by atoms with Gasteiger partial charge in [0.15, 0.2) is 0 Å². The monoisotopic (exact) mass is 465 g/mol. The Hall–Kier alpha value is -2.08. The molecule has 190 valence electrons. The lowest BCUT2D eigenvalue weighted by molar-refractivity contribution is -0.139. The second-order valence-corrected chi connectivity index (χ2v) is 8.91. The number of hydrogen-bond donors (Lipinski definition) is 4. The molecule has 0 aliphatic heterocycles. The summed E-state index contributed by atoms with van der Waals surface area (Å²) in [7, 11) is 0. The van der Waals surface area contributed by atoms with E-state index < -0.39 is 18.0 Å². The van der Waals surface area contributed by atoms with Gasteiger partial charge in [0.1, 0.15) is 11.8 Å². The molecule has 5 N–H and O–H groups in total. The summed E-state index contributed by atoms with van der Waals surface area (Å²) < 4.78 is 0. The topological polar surface area (TPSA) is 121 Å². The Morgan fingerprint density at radius 3 is 1.48 bits per heavy atom. The standard InChI is InChI=1S/C18H36O2.C9H11NO3/c1-2-3-4-5-6-7-8-9-10-11-12-13-14-15-16-17-18(19)20;10-8(9(12)13)5-6-1-3-7(11)4-2-6/h2-17H2,1H3,(H,19,20);1-4,8,11H,5,10H2,(H,12,13). The van der Waals surface area contributed by atoms with Crippen LogP contribution in [0.2, 0.25) is 0 Å². The highest BCUT2D eigenvalue weighted by Gasteiger charge is 2.11. The van der Waals surface area contributed by atoms with Crippen LogP contribution in [0.3, 0.4) is 0 Å². The molecule has 0 aliphatic rings. The molecule has 6 nitrogen and oxygen atoms in total. The fraction of sp³-hybridized carbons (Fsp3) is 0.704. The molecule has 33 heavy (non-hydrogen) atoms. The molecule has 1 atom stereocenters. The van der Waals surface area contributed by atoms with Crippen LogP contribution in [-0.2, 0) is 16.0 Å². The average Bonchev–Trinajstić information content (AvgIpc) is 2.78. The molecule has 0 heterocycles. The SMILES string of the molecule is CCCCCCCCCCCCCCCCCC(=O)O.NC(Cc1ccc(O)cc1)C(=O)O. The molecule has 0 radical (unpaired) electrons. The number of hydrogen-bond acceptors (Lipinski definition) is 4. The van der Waals surface area contributed by atoms with Crippen molar-refractivity contribution in [2.75, 3.05) is 0 Å². The van der Waals surface area contributed by atoms with Gasteiger partial charge in [-0.3, -0.25) is 9.59 Å². The molecule has 0 saturated heterocycles. The average molecular weight is 466 g/mol. The highest BCUT2D eigenvalue weighted by atomic mass is 16.4. The van der Waals surface area contributed by atoms with E-state index in [1.165, 1.54) is 95.6 Å². The number of carboxylic acid groups (broad SMARTS) is 2. The molecule has 0 saturated carbocycles. The van der Waals surface area contributed by atoms with Crippen molar-refractivity contribution >= 4 is 11.9 Å². The second kappa shape index (κ2) is 21.7. The van der Waals surface area contributed by atoms with E-state index in [9.17, 15) is 9.59 Å². The molecule has 1 rings (SSSR count). The van der Waals surface area contributed by atoms with Crippen molar-refractivity contribution in [3.05, 3.63) is 29.8 Å². The molecule has 0 spiro atoms. The summed E-state index contributed by atoms with van der Waals surface area (Å²) in [5.74, 6) is -1.51. The van der Waals surface area contributed by atoms with E-state index in [4.69, 9.17) is 21.1 Å². The smallest absolute Gasteiger partial charge is 0.320 e. The highest BCUT2D eigenvalue weighted by Crippen LogP contribution is 2.14. The third-order valence-corrected chi connectivity index (χ3v) is 5.70. The van der Waals surface area contributed by atoms with Gasteiger partial charge in [-0.2, -0.15) is 0 Å². The minimum absolute atomic E-state index is 0.160. The van der Waals surface area contributed by atoms with Gasteiger partial charge in [-0.25, -0.2) is 0 Å². The third kappa shape index (κ3) is 21.5. The Labute approximate surface area is 200 Å². The molecule has 0 amide bonds. The summed E-state index contributed by atoms with van der Waals surface area (Å²) in [6.07, 6.45) is 20.5. The van der Waals surface area contributed by atoms with Crippen LogP contribution in [0.4, 0.5) is 0 Å². The minimum Gasteiger partial charge on any atom is -0.508 e. The molecular formula is C27H47NO5. The summed E-state index contributed by atoms with van der Waals surface area (Å²) in [6, 6.07) is 5.42. The number of aliphatic carboxylic acids is 2. The van der Waals surface area contributed by atoms with Crippen LogP contribution in [0, 0.1) is 0 Å². The van der Waals surface area contributed by atoms with Crippen molar-refractivity contribution in [3.8, 4) is 5.75 Å². The van der Waals surface area contributed by atoms with Crippen LogP contribution in [0.15, 0.2) is 24.3 Å². The Morgan fingerprint density at radius 2 is 1.12 bits per heavy atom. The zero-order valence-electron chi connectivity index (χ0n) is 20.6. The molecule has 0 bridgehead atoms. The Morgan fingerprint density at radius 1 is 0.727 bits per heavy atom. The van der Waals surface area contributed by atoms with Crippen LogP contribution in [-0.4, -0.2) is 33.3 Å². The van der Waals surface area contributed by atoms with E-state index in [0.29, 0.717) is 6.42 Å². The fourth-order valence-corrected chi connectivity index (χ4v) is 3.62. The maximum Gasteiger partial charge on any atom is 0.320 e. The van der Waals surface area contributed by atoms with Gasteiger partial charge in [-0.1, -0.05) is 109 Å². The first-order valence-electron chi connectivity index (χ1n) is 12.8. The zero-order chi connectivity index (χ0) is 24.7. The molecule has 1 aromatic carbocycles. The predicted molar refractivity (Wildman–Crippen MR) is 135 cm³/mol. The van der Waals surface area contributed by atoms with E-state index in [-0.39, 0.29) is 12.2 Å². The van der Waals surface area contributed by atoms with Gasteiger partial charge in [0.25, 0.3) is 0 Å². The van der Waals surface area contributed by atoms with Crippen molar-refractivity contribution in [2.24, 2.45) is 5.73 Å². The molecule has 6 heteroatoms. The van der Waals surface area contributed by atoms with Crippen LogP contribution < -0.4 is 5.73 Å². The normalized spacial score (nSPS) is 11.5. The van der Waals surface area contributed by atoms with Gasteiger partial charge in [-0.15, -0.1) is 0 Å². The quantitative estimate of drug-likeness (QED) is 0.169. The van der Waals surface area contributed by atoms with Crippen LogP contribution in [0.1, 0.15) is 115 Å². The lowest BCUT2D eigenvalue weighted by Gasteiger charge is -2.05. The van der Waals surface area contributed by atoms with E-state index >= 15 is 0 Å². The Kier molecular flexibility index (Phi) is 20.4. The van der Waals surface area contributed by atoms with E-state index in [1.54, 1.807) is 12.1 Å². The summed E-state index contributed by atoms with van der Waals surface area (Å²) in [5.41, 5.74) is 6.12. The lowest BCUT2D eigenvalue weighted by atomic mass is 10.0. The van der Waals surface area contributed by atoms with Crippen molar-refractivity contribution in [3.63, 3.8) is 0 Å². The summed E-state index contributed by atoms with van der Waals surface area (Å²) >= 11 is 0. The van der Waals surface area contributed by atoms with E-state index in [1.807, 2.05) is 0 Å². The number of nitrogens with two attached hydrogens (primary N) is 1. The van der Waals surface area contributed by atoms with Gasteiger partial charge >= 0.3 is 11.9 Å². The number of carboxylic acids is 2. The van der Waals surface area contributed by atoms with Crippen molar-refractivity contribution in [2.45, 2.75) is 122 Å². The molecule has 0 aliphatic carbocycles. The van der Waals surface area contributed by atoms with Gasteiger partial charge in [-0.05, 0) is 30.5 Å². The predicted octanol–water partition coefficient (Wildman–Crippen LogP) is 6.68. The molecule has 1 unspecified atom stereocenters. The molecule has 0 fully saturated rings. The Bertz CT molecular complexity index is 603. The number of phenolic OH excluding ortho intramolecular Hbond substituents is 1. The number of benzene rings is 1. The van der Waals surface area contributed by atoms with Gasteiger partial charge in [0.2, 0.25) is 0 Å². The first-order chi connectivity index (χ1) is 15.9. The lowest BCUT2D eigenvalue weighted by Crippen LogP contribution is -2.32. The van der Waals surface area contributed by atoms with Gasteiger partial charge in [0, 0.05) is 6.42 Å². The van der Waals surface area contributed by atoms with E-state index in [2.05, 4.69) is 6.92 Å². The molecular weight excluding hydrogens is 418 g/mol. The number of carbonyl (C=O) groups is 2. The maximum absolute atomic E-state index is 10.4. The molecule has 1 aromatic rings. The highest BCUT2D eigenvalue weighted by molar-refractivity contribution is 5.73. The number of aromatic hydroxyl groups is 1. The van der Waals surface area contributed by atoms with Crippen molar-refractivity contribution < 1.29 is 24.9 Å². The second-order valence-electron chi connectivity index (χ2n) is 8.91. The van der Waals surface area contributed by atoms with Crippen molar-refractivity contribution in [1.29, 1.82) is 0 Å². The number of unbranched alkanes of at least 4 members (excludes halogenated alkanes) is 14. The van der Waals surface area contributed by atoms with Crippen LogP contribution >= 0.6 is 0 Å². The fourth-order valence-electron chi connectivity index (χ4n) is 3.62. The zero-order valence-corrected chi connectivity index (χ0v) is 20.6. The number of phenols is 1. The van der Waals surface area contributed by atoms with Crippen LogP contribution in [0.25, 0.3) is 0 Å². The largest absolute Gasteiger partial charge is 0.508 e. The summed E-state index contributed by atoms with van der Waals surface area (Å²) in [6.45, 7) is 2.27. The van der Waals surface area contributed by atoms with Crippen molar-refractivity contribution in [1.82, 2.24) is 0 Å². The summed E-state index contributed by atoms with van der Waals surface area (Å²) in [4.78, 5) is 20.7. The maximum atomic E-state index is 10.4. The minimum atomic E-state index is -1.02. The van der Waals surface area contributed by atoms with Crippen LogP contribution in [0.5, 0.6) is 5.75 Å². The third-order valence-electron chi connectivity index (χ3n) is 5.70. The first kappa shape index (κ1) is 30.9. The van der Waals surface area contributed by atoms with E-state index in [0.717, 1.165) is 18.4 Å². The first-order valence-corrected chi connectivity index (χ1v) is 12.8. The number of rotatable bonds is 19. The van der Waals surface area contributed by atoms with Gasteiger partial charge < -0.3 is 21.1 Å². The summed E-state index contributed by atoms with van der Waals surface area (Å²) in [5, 5.41) is 26.0.